The number of hydrogen-bond acceptors (Lipinski definition) is 5. The summed E-state index contributed by atoms with van der Waals surface area (Å²) < 4.78 is 0. The highest BCUT2D eigenvalue weighted by atomic mass is 35.5. The molecule has 0 saturated heterocycles. The van der Waals surface area contributed by atoms with Gasteiger partial charge in [0.05, 0.1) is 17.7 Å². The second-order valence-electron chi connectivity index (χ2n) is 4.66. The molecule has 1 unspecified atom stereocenters. The Bertz CT molecular complexity index is 789. The zero-order valence-electron chi connectivity index (χ0n) is 10.8. The normalized spacial score (nSPS) is 18.6. The molecule has 2 aromatic rings. The Balaban J connectivity index is 2.27. The number of carbonyl (C=O) groups is 1. The maximum Gasteiger partial charge on any atom is 0.282 e. The average Bonchev–Trinajstić information content (AvgIpc) is 2.44. The lowest BCUT2D eigenvalue weighted by atomic mass is 10.0. The van der Waals surface area contributed by atoms with E-state index in [9.17, 15) is 14.7 Å². The number of β-amino-alcohol motifs (C(OH)–C–C–N with tert-alkyl or cyclic N) is 1. The quantitative estimate of drug-likeness (QED) is 0.631. The summed E-state index contributed by atoms with van der Waals surface area (Å²) >= 11 is 5.88. The average molecular weight is 310 g/mol. The first-order valence-electron chi connectivity index (χ1n) is 6.25. The standard InChI is InChI=1S/C13H12ClN3O4/c14-6-1-2-7-8(5-6)15-10-9(11(7)19)13(21)17(3-4-18)16-12(10)20/h1-2,5,13,18,21H,3-4H2,(H,15,19)(H,16,20). The van der Waals surface area contributed by atoms with Crippen LogP contribution in [0.2, 0.25) is 5.02 Å². The van der Waals surface area contributed by atoms with E-state index in [0.29, 0.717) is 15.9 Å². The molecule has 7 nitrogen and oxygen atoms in total. The molecule has 0 bridgehead atoms. The minimum Gasteiger partial charge on any atom is -0.395 e. The predicted octanol–water partition coefficient (Wildman–Crippen LogP) is 0.125. The van der Waals surface area contributed by atoms with Crippen molar-refractivity contribution in [1.82, 2.24) is 15.4 Å². The van der Waals surface area contributed by atoms with Crippen molar-refractivity contribution in [3.05, 3.63) is 44.7 Å². The molecule has 1 atom stereocenters. The van der Waals surface area contributed by atoms with Gasteiger partial charge < -0.3 is 15.2 Å². The van der Waals surface area contributed by atoms with Gasteiger partial charge in [-0.15, -0.1) is 0 Å². The molecule has 2 heterocycles. The number of nitrogens with one attached hydrogen (secondary N) is 2. The predicted molar refractivity (Wildman–Crippen MR) is 75.8 cm³/mol. The number of aromatic amines is 1. The Kier molecular flexibility index (Phi) is 3.42. The largest absolute Gasteiger partial charge is 0.395 e. The number of nitrogens with zero attached hydrogens (tertiary/aromatic N) is 1. The summed E-state index contributed by atoms with van der Waals surface area (Å²) in [4.78, 5) is 27.4. The lowest BCUT2D eigenvalue weighted by Crippen LogP contribution is -2.52. The highest BCUT2D eigenvalue weighted by Crippen LogP contribution is 2.24. The van der Waals surface area contributed by atoms with Gasteiger partial charge in [-0.25, -0.2) is 0 Å². The molecule has 110 valence electrons. The zero-order chi connectivity index (χ0) is 15.1. The van der Waals surface area contributed by atoms with Crippen LogP contribution in [0, 0.1) is 0 Å². The van der Waals surface area contributed by atoms with E-state index in [4.69, 9.17) is 16.7 Å². The number of aliphatic hydroxyl groups is 2. The van der Waals surface area contributed by atoms with Gasteiger partial charge >= 0.3 is 0 Å². The van der Waals surface area contributed by atoms with Crippen molar-refractivity contribution < 1.29 is 15.0 Å². The molecule has 21 heavy (non-hydrogen) atoms. The molecular weight excluding hydrogens is 298 g/mol. The molecule has 0 spiro atoms. The van der Waals surface area contributed by atoms with Gasteiger partial charge in [0.1, 0.15) is 5.69 Å². The minimum absolute atomic E-state index is 0.00328. The number of halogens is 1. The van der Waals surface area contributed by atoms with Gasteiger partial charge in [-0.2, -0.15) is 5.01 Å². The lowest BCUT2D eigenvalue weighted by Gasteiger charge is -2.32. The highest BCUT2D eigenvalue weighted by Gasteiger charge is 2.33. The van der Waals surface area contributed by atoms with Crippen molar-refractivity contribution >= 4 is 28.4 Å². The van der Waals surface area contributed by atoms with E-state index in [1.807, 2.05) is 0 Å². The molecule has 0 saturated carbocycles. The van der Waals surface area contributed by atoms with Crippen LogP contribution in [0.25, 0.3) is 10.9 Å². The third kappa shape index (κ3) is 2.20. The first-order chi connectivity index (χ1) is 10.0. The number of amides is 1. The highest BCUT2D eigenvalue weighted by molar-refractivity contribution is 6.31. The monoisotopic (exact) mass is 309 g/mol. The number of rotatable bonds is 2. The molecule has 4 N–H and O–H groups in total. The number of hydrogen-bond donors (Lipinski definition) is 4. The van der Waals surface area contributed by atoms with Crippen molar-refractivity contribution in [1.29, 1.82) is 0 Å². The second kappa shape index (κ2) is 5.12. The smallest absolute Gasteiger partial charge is 0.282 e. The Morgan fingerprint density at radius 1 is 1.33 bits per heavy atom. The van der Waals surface area contributed by atoms with Crippen LogP contribution in [0.4, 0.5) is 0 Å². The maximum atomic E-state index is 12.5. The minimum atomic E-state index is -1.33. The Hall–Kier alpha value is -1.93. The zero-order valence-corrected chi connectivity index (χ0v) is 11.5. The van der Waals surface area contributed by atoms with E-state index in [1.165, 1.54) is 6.07 Å². The molecule has 1 aliphatic rings. The molecule has 1 amide bonds. The molecular formula is C13H12ClN3O4. The van der Waals surface area contributed by atoms with E-state index < -0.39 is 17.6 Å². The lowest BCUT2D eigenvalue weighted by molar-refractivity contribution is -0.0450. The molecule has 0 radical (unpaired) electrons. The molecule has 1 aromatic heterocycles. The van der Waals surface area contributed by atoms with Crippen LogP contribution in [0.1, 0.15) is 22.3 Å². The van der Waals surface area contributed by atoms with Gasteiger partial charge in [0, 0.05) is 17.0 Å². The van der Waals surface area contributed by atoms with Gasteiger partial charge in [0.2, 0.25) is 0 Å². The molecule has 0 aliphatic carbocycles. The fourth-order valence-electron chi connectivity index (χ4n) is 2.39. The van der Waals surface area contributed by atoms with Crippen LogP contribution >= 0.6 is 11.6 Å². The van der Waals surface area contributed by atoms with Crippen LogP contribution in [0.15, 0.2) is 23.0 Å². The van der Waals surface area contributed by atoms with E-state index in [-0.39, 0.29) is 24.4 Å². The van der Waals surface area contributed by atoms with Crippen LogP contribution < -0.4 is 10.9 Å². The van der Waals surface area contributed by atoms with E-state index in [0.717, 1.165) is 5.01 Å². The SMILES string of the molecule is O=C1NN(CCO)C(O)c2c1[nH]c1cc(Cl)ccc1c2=O. The summed E-state index contributed by atoms with van der Waals surface area (Å²) in [5.41, 5.74) is 2.34. The third-order valence-electron chi connectivity index (χ3n) is 3.37. The van der Waals surface area contributed by atoms with Crippen LogP contribution in [-0.2, 0) is 0 Å². The third-order valence-corrected chi connectivity index (χ3v) is 3.60. The number of H-pyrrole nitrogens is 1. The summed E-state index contributed by atoms with van der Waals surface area (Å²) in [5.74, 6) is -0.553. The van der Waals surface area contributed by atoms with E-state index >= 15 is 0 Å². The van der Waals surface area contributed by atoms with Crippen molar-refractivity contribution in [2.24, 2.45) is 0 Å². The van der Waals surface area contributed by atoms with Crippen molar-refractivity contribution in [3.63, 3.8) is 0 Å². The maximum absolute atomic E-state index is 12.5. The number of carbonyl (C=O) groups excluding carboxylic acids is 1. The summed E-state index contributed by atoms with van der Waals surface area (Å²) in [5, 5.41) is 21.0. The first kappa shape index (κ1) is 14.0. The molecule has 8 heteroatoms. The summed E-state index contributed by atoms with van der Waals surface area (Å²) in [6.45, 7) is -0.266. The van der Waals surface area contributed by atoms with Crippen LogP contribution in [-0.4, -0.2) is 39.3 Å². The molecule has 1 aromatic carbocycles. The van der Waals surface area contributed by atoms with Gasteiger partial charge in [-0.1, -0.05) is 11.6 Å². The van der Waals surface area contributed by atoms with Crippen LogP contribution in [0.5, 0.6) is 0 Å². The summed E-state index contributed by atoms with van der Waals surface area (Å²) in [6, 6.07) is 4.64. The Labute approximate surface area is 123 Å². The Morgan fingerprint density at radius 2 is 2.10 bits per heavy atom. The Morgan fingerprint density at radius 3 is 2.81 bits per heavy atom. The van der Waals surface area contributed by atoms with Gasteiger partial charge in [-0.05, 0) is 18.2 Å². The fraction of sp³-hybridized carbons (Fsp3) is 0.231. The second-order valence-corrected chi connectivity index (χ2v) is 5.10. The number of aromatic nitrogens is 1. The number of fused-ring (bicyclic) bond motifs is 2. The fourth-order valence-corrected chi connectivity index (χ4v) is 2.57. The molecule has 3 rings (SSSR count). The van der Waals surface area contributed by atoms with Gasteiger partial charge in [0.25, 0.3) is 5.91 Å². The summed E-state index contributed by atoms with van der Waals surface area (Å²) in [6.07, 6.45) is -1.33. The number of benzene rings is 1. The van der Waals surface area contributed by atoms with E-state index in [1.54, 1.807) is 12.1 Å². The van der Waals surface area contributed by atoms with E-state index in [2.05, 4.69) is 10.4 Å². The number of pyridine rings is 1. The molecule has 1 aliphatic heterocycles. The van der Waals surface area contributed by atoms with Crippen molar-refractivity contribution in [2.45, 2.75) is 6.23 Å². The number of hydrazine groups is 1. The van der Waals surface area contributed by atoms with Gasteiger partial charge in [0.15, 0.2) is 11.7 Å². The van der Waals surface area contributed by atoms with Crippen LogP contribution in [0.3, 0.4) is 0 Å². The van der Waals surface area contributed by atoms with Gasteiger partial charge in [-0.3, -0.25) is 15.0 Å². The topological polar surface area (TPSA) is 106 Å². The first-order valence-corrected chi connectivity index (χ1v) is 6.62. The summed E-state index contributed by atoms with van der Waals surface area (Å²) in [7, 11) is 0. The van der Waals surface area contributed by atoms with Crippen molar-refractivity contribution in [2.75, 3.05) is 13.2 Å². The van der Waals surface area contributed by atoms with Crippen molar-refractivity contribution in [3.8, 4) is 0 Å². The number of aliphatic hydroxyl groups excluding tert-OH is 2. The molecule has 0 fully saturated rings.